The van der Waals surface area contributed by atoms with Crippen LogP contribution in [-0.2, 0) is 22.7 Å². The fraction of sp³-hybridized carbons (Fsp3) is 0.615. The van der Waals surface area contributed by atoms with Gasteiger partial charge in [0.1, 0.15) is 5.69 Å². The highest BCUT2D eigenvalue weighted by Gasteiger charge is 2.19. The van der Waals surface area contributed by atoms with Gasteiger partial charge in [-0.25, -0.2) is 0 Å². The van der Waals surface area contributed by atoms with Crippen LogP contribution in [0.2, 0.25) is 0 Å². The maximum atomic E-state index is 12.1. The number of nitrogens with zero attached hydrogens (tertiary/aromatic N) is 3. The number of carbonyl (C=O) groups excluding carboxylic acids is 1. The van der Waals surface area contributed by atoms with Gasteiger partial charge in [0, 0.05) is 19.0 Å². The van der Waals surface area contributed by atoms with Crippen LogP contribution in [0.5, 0.6) is 0 Å². The van der Waals surface area contributed by atoms with Crippen LogP contribution in [-0.4, -0.2) is 34.1 Å². The maximum absolute atomic E-state index is 12.1. The smallest absolute Gasteiger partial charge is 0.223 e. The summed E-state index contributed by atoms with van der Waals surface area (Å²) in [7, 11) is 0. The van der Waals surface area contributed by atoms with Gasteiger partial charge in [-0.3, -0.25) is 9.48 Å². The maximum Gasteiger partial charge on any atom is 0.223 e. The van der Waals surface area contributed by atoms with Crippen LogP contribution in [0.3, 0.4) is 0 Å². The number of hydrogen-bond donors (Lipinski definition) is 1. The first-order chi connectivity index (χ1) is 9.15. The molecule has 1 aliphatic rings. The van der Waals surface area contributed by atoms with E-state index in [0.29, 0.717) is 32.7 Å². The topological polar surface area (TPSA) is 69.0 Å². The summed E-state index contributed by atoms with van der Waals surface area (Å²) in [6, 6.07) is 0. The van der Waals surface area contributed by atoms with Crippen molar-refractivity contribution in [2.45, 2.75) is 32.9 Å². The Kier molecular flexibility index (Phi) is 4.68. The molecule has 0 fully saturated rings. The molecule has 0 aliphatic carbocycles. The van der Waals surface area contributed by atoms with Gasteiger partial charge >= 0.3 is 0 Å². The minimum atomic E-state index is -0.0652. The molecule has 0 unspecified atom stereocenters. The fourth-order valence-electron chi connectivity index (χ4n) is 2.12. The van der Waals surface area contributed by atoms with Crippen molar-refractivity contribution < 1.29 is 9.53 Å². The molecule has 1 atom stereocenters. The van der Waals surface area contributed by atoms with Gasteiger partial charge < -0.3 is 10.1 Å². The lowest BCUT2D eigenvalue weighted by molar-refractivity contribution is -0.125. The summed E-state index contributed by atoms with van der Waals surface area (Å²) in [4.78, 5) is 12.1. The summed E-state index contributed by atoms with van der Waals surface area (Å²) in [5.74, 6) is -0.00270. The van der Waals surface area contributed by atoms with Gasteiger partial charge in [-0.05, 0) is 19.8 Å². The molecule has 6 nitrogen and oxygen atoms in total. The summed E-state index contributed by atoms with van der Waals surface area (Å²) in [6.45, 7) is 7.96. The number of amides is 1. The zero-order valence-electron chi connectivity index (χ0n) is 11.3. The molecule has 0 aromatic carbocycles. The standard InChI is InChI=1S/C13H20N4O2/c1-10(2)7-11-3-5-17-8-12(15-16-17)9-19-6-4-14-13(11)18/h8,11H,1,3-7,9H2,2H3,(H,14,18)/t11-/m0/s1. The Balaban J connectivity index is 2.06. The number of hydrogen-bond acceptors (Lipinski definition) is 4. The van der Waals surface area contributed by atoms with E-state index in [0.717, 1.165) is 17.7 Å². The molecule has 0 radical (unpaired) electrons. The fourth-order valence-corrected chi connectivity index (χ4v) is 2.12. The van der Waals surface area contributed by atoms with Gasteiger partial charge in [0.25, 0.3) is 0 Å². The average Bonchev–Trinajstić information content (AvgIpc) is 2.80. The molecule has 1 aliphatic heterocycles. The lowest BCUT2D eigenvalue weighted by Gasteiger charge is -2.17. The second-order valence-corrected chi connectivity index (χ2v) is 4.96. The molecule has 2 rings (SSSR count). The molecule has 6 heteroatoms. The third kappa shape index (κ3) is 4.17. The number of fused-ring (bicyclic) bond motifs is 2. The van der Waals surface area contributed by atoms with Crippen LogP contribution in [0, 0.1) is 5.92 Å². The van der Waals surface area contributed by atoms with Crippen LogP contribution in [0.1, 0.15) is 25.5 Å². The molecule has 1 amide bonds. The largest absolute Gasteiger partial charge is 0.373 e. The van der Waals surface area contributed by atoms with Crippen molar-refractivity contribution in [1.29, 1.82) is 0 Å². The van der Waals surface area contributed by atoms with Crippen molar-refractivity contribution in [2.24, 2.45) is 5.92 Å². The van der Waals surface area contributed by atoms with E-state index in [1.807, 2.05) is 13.1 Å². The van der Waals surface area contributed by atoms with Crippen LogP contribution < -0.4 is 5.32 Å². The number of aryl methyl sites for hydroxylation is 1. The Bertz CT molecular complexity index is 455. The van der Waals surface area contributed by atoms with Crippen molar-refractivity contribution in [1.82, 2.24) is 20.3 Å². The predicted octanol–water partition coefficient (Wildman–Crippen LogP) is 0.897. The number of ether oxygens (including phenoxy) is 1. The van der Waals surface area contributed by atoms with E-state index in [1.54, 1.807) is 4.68 Å². The molecule has 1 N–H and O–H groups in total. The second kappa shape index (κ2) is 6.47. The highest BCUT2D eigenvalue weighted by molar-refractivity contribution is 5.78. The Morgan fingerprint density at radius 1 is 1.68 bits per heavy atom. The number of carbonyl (C=O) groups is 1. The minimum absolute atomic E-state index is 0.0625. The summed E-state index contributed by atoms with van der Waals surface area (Å²) >= 11 is 0. The van der Waals surface area contributed by atoms with Crippen molar-refractivity contribution in [3.63, 3.8) is 0 Å². The van der Waals surface area contributed by atoms with Gasteiger partial charge in [-0.15, -0.1) is 11.7 Å². The third-order valence-electron chi connectivity index (χ3n) is 3.05. The predicted molar refractivity (Wildman–Crippen MR) is 70.2 cm³/mol. The number of rotatable bonds is 2. The average molecular weight is 264 g/mol. The van der Waals surface area contributed by atoms with E-state index in [9.17, 15) is 4.79 Å². The molecule has 0 saturated heterocycles. The summed E-state index contributed by atoms with van der Waals surface area (Å²) < 4.78 is 7.18. The summed E-state index contributed by atoms with van der Waals surface area (Å²) in [6.07, 6.45) is 3.31. The molecule has 19 heavy (non-hydrogen) atoms. The highest BCUT2D eigenvalue weighted by Crippen LogP contribution is 2.15. The molecular formula is C13H20N4O2. The van der Waals surface area contributed by atoms with E-state index in [4.69, 9.17) is 4.74 Å². The molecular weight excluding hydrogens is 244 g/mol. The van der Waals surface area contributed by atoms with Crippen molar-refractivity contribution in [2.75, 3.05) is 13.2 Å². The molecule has 2 heterocycles. The number of aromatic nitrogens is 3. The van der Waals surface area contributed by atoms with Crippen LogP contribution in [0.15, 0.2) is 18.3 Å². The van der Waals surface area contributed by atoms with E-state index >= 15 is 0 Å². The first-order valence-electron chi connectivity index (χ1n) is 6.54. The zero-order valence-corrected chi connectivity index (χ0v) is 11.3. The Hall–Kier alpha value is -1.69. The molecule has 1 aromatic rings. The molecule has 2 bridgehead atoms. The first kappa shape index (κ1) is 13.7. The van der Waals surface area contributed by atoms with Gasteiger partial charge in [0.2, 0.25) is 5.91 Å². The van der Waals surface area contributed by atoms with Crippen molar-refractivity contribution >= 4 is 5.91 Å². The number of nitrogens with one attached hydrogen (secondary N) is 1. The quantitative estimate of drug-likeness (QED) is 0.806. The van der Waals surface area contributed by atoms with Gasteiger partial charge in [0.05, 0.1) is 19.4 Å². The third-order valence-corrected chi connectivity index (χ3v) is 3.05. The highest BCUT2D eigenvalue weighted by atomic mass is 16.5. The van der Waals surface area contributed by atoms with E-state index in [2.05, 4.69) is 22.2 Å². The van der Waals surface area contributed by atoms with Gasteiger partial charge in [-0.1, -0.05) is 10.8 Å². The first-order valence-corrected chi connectivity index (χ1v) is 6.54. The summed E-state index contributed by atoms with van der Waals surface area (Å²) in [5, 5.41) is 11.0. The zero-order chi connectivity index (χ0) is 13.7. The van der Waals surface area contributed by atoms with Gasteiger partial charge in [0.15, 0.2) is 0 Å². The van der Waals surface area contributed by atoms with E-state index < -0.39 is 0 Å². The number of allylic oxidation sites excluding steroid dienone is 1. The van der Waals surface area contributed by atoms with E-state index in [-0.39, 0.29) is 11.8 Å². The van der Waals surface area contributed by atoms with Crippen LogP contribution in [0.25, 0.3) is 0 Å². The lowest BCUT2D eigenvalue weighted by Crippen LogP contribution is -2.34. The minimum Gasteiger partial charge on any atom is -0.373 e. The molecule has 104 valence electrons. The van der Waals surface area contributed by atoms with Gasteiger partial charge in [-0.2, -0.15) is 0 Å². The monoisotopic (exact) mass is 264 g/mol. The van der Waals surface area contributed by atoms with Crippen molar-refractivity contribution in [3.05, 3.63) is 24.0 Å². The Morgan fingerprint density at radius 2 is 2.53 bits per heavy atom. The lowest BCUT2D eigenvalue weighted by atomic mass is 9.96. The van der Waals surface area contributed by atoms with E-state index in [1.165, 1.54) is 0 Å². The van der Waals surface area contributed by atoms with Crippen LogP contribution >= 0.6 is 0 Å². The second-order valence-electron chi connectivity index (χ2n) is 4.96. The summed E-state index contributed by atoms with van der Waals surface area (Å²) in [5.41, 5.74) is 1.84. The Morgan fingerprint density at radius 3 is 3.32 bits per heavy atom. The molecule has 0 saturated carbocycles. The SMILES string of the molecule is C=C(C)C[C@@H]1CCn2cc(nn2)COCCNC1=O. The Labute approximate surface area is 112 Å². The van der Waals surface area contributed by atoms with Crippen LogP contribution in [0.4, 0.5) is 0 Å². The molecule has 1 aromatic heterocycles. The normalized spacial score (nSPS) is 21.1. The molecule has 0 spiro atoms. The van der Waals surface area contributed by atoms with Crippen molar-refractivity contribution in [3.8, 4) is 0 Å².